The van der Waals surface area contributed by atoms with Crippen LogP contribution >= 0.6 is 23.5 Å². The van der Waals surface area contributed by atoms with Gasteiger partial charge in [0, 0.05) is 52.5 Å². The van der Waals surface area contributed by atoms with Gasteiger partial charge in [0.15, 0.2) is 0 Å². The van der Waals surface area contributed by atoms with Crippen LogP contribution in [0.1, 0.15) is 25.1 Å². The molecule has 0 unspecified atom stereocenters. The van der Waals surface area contributed by atoms with Gasteiger partial charge in [-0.25, -0.2) is 18.6 Å². The lowest BCUT2D eigenvalue weighted by atomic mass is 10.0. The lowest BCUT2D eigenvalue weighted by molar-refractivity contribution is -2.00. The van der Waals surface area contributed by atoms with Crippen LogP contribution in [0.4, 0.5) is 11.4 Å². The van der Waals surface area contributed by atoms with Crippen LogP contribution in [-0.4, -0.2) is 13.1 Å². The Morgan fingerprint density at radius 2 is 1.06 bits per heavy atom. The first-order valence-corrected chi connectivity index (χ1v) is 19.4. The molecule has 0 saturated carbocycles. The summed E-state index contributed by atoms with van der Waals surface area (Å²) in [5.74, 6) is 0. The maximum absolute atomic E-state index is 8.49. The highest BCUT2D eigenvalue weighted by Gasteiger charge is 2.24. The smallest absolute Gasteiger partial charge is 0.220 e. The van der Waals surface area contributed by atoms with Gasteiger partial charge in [0.25, 0.3) is 0 Å². The molecule has 2 aromatic heterocycles. The minimum atomic E-state index is -4.94. The monoisotopic (exact) mass is 731 g/mol. The maximum atomic E-state index is 8.49. The van der Waals surface area contributed by atoms with Gasteiger partial charge < -0.3 is 9.80 Å². The number of aromatic nitrogens is 1. The molecule has 7 nitrogen and oxygen atoms in total. The highest BCUT2D eigenvalue weighted by molar-refractivity contribution is 8.04. The van der Waals surface area contributed by atoms with Gasteiger partial charge in [-0.3, -0.25) is 0 Å². The van der Waals surface area contributed by atoms with Crippen LogP contribution in [0.5, 0.6) is 0 Å². The number of hydrogen-bond acceptors (Lipinski definition) is 8. The number of hydrogen-bond donors (Lipinski definition) is 0. The molecular weight excluding hydrogens is 698 g/mol. The van der Waals surface area contributed by atoms with E-state index in [1.54, 1.807) is 0 Å². The quantitative estimate of drug-likeness (QED) is 0.153. The molecule has 0 bridgehead atoms. The van der Waals surface area contributed by atoms with Gasteiger partial charge >= 0.3 is 0 Å². The van der Waals surface area contributed by atoms with Crippen molar-refractivity contribution in [1.29, 1.82) is 0 Å². The summed E-state index contributed by atoms with van der Waals surface area (Å²) >= 11 is 3.68. The summed E-state index contributed by atoms with van der Waals surface area (Å²) in [6.07, 6.45) is 13.4. The molecule has 0 spiro atoms. The third-order valence-corrected chi connectivity index (χ3v) is 11.0. The van der Waals surface area contributed by atoms with E-state index < -0.39 is 10.2 Å². The van der Waals surface area contributed by atoms with E-state index in [1.807, 2.05) is 23.5 Å². The Hall–Kier alpha value is -4.58. The molecule has 0 radical (unpaired) electrons. The zero-order chi connectivity index (χ0) is 35.5. The van der Waals surface area contributed by atoms with Crippen molar-refractivity contribution in [2.75, 3.05) is 22.9 Å². The van der Waals surface area contributed by atoms with E-state index in [-0.39, 0.29) is 0 Å². The van der Waals surface area contributed by atoms with Crippen LogP contribution < -0.4 is 32.8 Å². The van der Waals surface area contributed by atoms with Crippen molar-refractivity contribution in [2.45, 2.75) is 23.6 Å². The Balaban J connectivity index is 0.000000761. The van der Waals surface area contributed by atoms with Gasteiger partial charge in [0.1, 0.15) is 0 Å². The van der Waals surface area contributed by atoms with Crippen molar-refractivity contribution in [3.63, 3.8) is 0 Å². The van der Waals surface area contributed by atoms with Crippen molar-refractivity contribution >= 4 is 74.2 Å². The fourth-order valence-corrected chi connectivity index (χ4v) is 8.92. The summed E-state index contributed by atoms with van der Waals surface area (Å²) in [4.78, 5) is 7.41. The molecule has 0 saturated heterocycles. The zero-order valence-corrected chi connectivity index (χ0v) is 30.3. The van der Waals surface area contributed by atoms with Crippen LogP contribution in [0.15, 0.2) is 153 Å². The number of benzene rings is 4. The average molecular weight is 732 g/mol. The van der Waals surface area contributed by atoms with Gasteiger partial charge in [0.05, 0.1) is 32.2 Å². The summed E-state index contributed by atoms with van der Waals surface area (Å²) in [6, 6.07) is 39.5. The van der Waals surface area contributed by atoms with Crippen LogP contribution in [0.3, 0.4) is 0 Å². The number of anilines is 2. The minimum Gasteiger partial charge on any atom is -0.335 e. The van der Waals surface area contributed by atoms with Gasteiger partial charge in [-0.15, -0.1) is 10.2 Å². The normalized spacial score (nSPS) is 15.9. The Morgan fingerprint density at radius 1 is 0.588 bits per heavy atom. The molecule has 0 N–H and O–H groups in total. The number of fused-ring (bicyclic) bond motifs is 8. The third-order valence-electron chi connectivity index (χ3n) is 8.69. The third kappa shape index (κ3) is 7.42. The number of pyridine rings is 2. The molecule has 0 amide bonds. The van der Waals surface area contributed by atoms with Crippen molar-refractivity contribution in [3.05, 3.63) is 155 Å². The van der Waals surface area contributed by atoms with Crippen LogP contribution in [0.2, 0.25) is 0 Å². The molecule has 10 heteroatoms. The minimum absolute atomic E-state index is 0.937. The van der Waals surface area contributed by atoms with Gasteiger partial charge in [-0.2, -0.15) is 4.40 Å². The molecule has 2 aliphatic rings. The van der Waals surface area contributed by atoms with Crippen molar-refractivity contribution < 1.29 is 33.3 Å². The molecule has 4 aromatic carbocycles. The van der Waals surface area contributed by atoms with Gasteiger partial charge in [-0.05, 0) is 68.0 Å². The molecular formula is C41H34ClN3O4S2. The molecule has 6 aromatic rings. The maximum Gasteiger partial charge on any atom is 0.220 e. The second kappa shape index (κ2) is 15.0. The lowest BCUT2D eigenvalue weighted by Crippen LogP contribution is -2.68. The lowest BCUT2D eigenvalue weighted by Gasteiger charge is -2.17. The van der Waals surface area contributed by atoms with E-state index in [0.717, 1.165) is 18.8 Å². The van der Waals surface area contributed by atoms with Crippen molar-refractivity contribution in [3.8, 4) is 0 Å². The summed E-state index contributed by atoms with van der Waals surface area (Å²) in [7, 11) is -4.94. The fourth-order valence-electron chi connectivity index (χ4n) is 6.64. The van der Waals surface area contributed by atoms with Crippen LogP contribution in [0.25, 0.3) is 39.3 Å². The summed E-state index contributed by atoms with van der Waals surface area (Å²) in [5, 5.41) is 6.29. The molecule has 0 fully saturated rings. The Kier molecular flexibility index (Phi) is 10.2. The van der Waals surface area contributed by atoms with Crippen LogP contribution in [-0.2, 0) is 0 Å². The Bertz CT molecular complexity index is 2380. The number of thioether (sulfide) groups is 2. The largest absolute Gasteiger partial charge is 0.335 e. The standard InChI is InChI=1S/C41H34N3S2.ClHO4/c1-3-42-35-21-9-11-23-38(35)45-40(42)25-13-15-29-27-30(16-14-26-41-43(4-2)36-22-10-12-24-39(36)46-41)44-34-20-8-7-18-32(34)31-17-5-6-19-33(31)37(44)28-29;2-1(3,4)5/h5-28H,3-4H2,1-2H3;(H,2,3,4,5)/q+1;/p-1. The fraction of sp³-hybridized carbons (Fsp3) is 0.0976. The summed E-state index contributed by atoms with van der Waals surface area (Å²) in [5.41, 5.74) is 7.31. The van der Waals surface area contributed by atoms with Gasteiger partial charge in [-0.1, -0.05) is 96.3 Å². The molecule has 0 atom stereocenters. The van der Waals surface area contributed by atoms with Crippen molar-refractivity contribution in [1.82, 2.24) is 0 Å². The first-order chi connectivity index (χ1) is 24.7. The molecule has 51 heavy (non-hydrogen) atoms. The topological polar surface area (TPSA) is 103 Å². The average Bonchev–Trinajstić information content (AvgIpc) is 3.68. The Morgan fingerprint density at radius 3 is 1.63 bits per heavy atom. The predicted octanol–water partition coefficient (Wildman–Crippen LogP) is 5.95. The number of allylic oxidation sites excluding steroid dienone is 4. The van der Waals surface area contributed by atoms with E-state index in [4.69, 9.17) is 18.6 Å². The predicted molar refractivity (Wildman–Crippen MR) is 199 cm³/mol. The first-order valence-electron chi connectivity index (χ1n) is 16.5. The number of rotatable bonds is 6. The highest BCUT2D eigenvalue weighted by atomic mass is 35.7. The van der Waals surface area contributed by atoms with E-state index in [0.29, 0.717) is 0 Å². The Labute approximate surface area is 307 Å². The number of halogens is 1. The summed E-state index contributed by atoms with van der Waals surface area (Å²) in [6.45, 7) is 6.31. The second-order valence-electron chi connectivity index (χ2n) is 11.7. The van der Waals surface area contributed by atoms with E-state index in [9.17, 15) is 0 Å². The van der Waals surface area contributed by atoms with Crippen LogP contribution in [0, 0.1) is 10.2 Å². The van der Waals surface area contributed by atoms with E-state index >= 15 is 0 Å². The molecule has 0 aliphatic carbocycles. The molecule has 256 valence electrons. The molecule has 8 rings (SSSR count). The zero-order valence-electron chi connectivity index (χ0n) is 27.9. The number of para-hydroxylation sites is 3. The SMILES string of the molecule is CCN1/C(=C\C=C\c2cc(/C=C/C=C3/Sc4ccccc4N3CC)[n+]3c4ccccc4c4ccccc4c3c2)Sc2ccccc21.[O-][Cl+3]([O-])([O-])[O-]. The first kappa shape index (κ1) is 34.9. The van der Waals surface area contributed by atoms with E-state index in [1.165, 1.54) is 64.0 Å². The highest BCUT2D eigenvalue weighted by Crippen LogP contribution is 2.46. The number of nitrogens with zero attached hydrogens (tertiary/aromatic N) is 3. The summed E-state index contributed by atoms with van der Waals surface area (Å²) < 4.78 is 36.4. The second-order valence-corrected chi connectivity index (χ2v) is 14.6. The van der Waals surface area contributed by atoms with E-state index in [2.05, 4.69) is 174 Å². The molecule has 2 aliphatic heterocycles. The molecule has 4 heterocycles. The van der Waals surface area contributed by atoms with Gasteiger partial charge in [0.2, 0.25) is 16.7 Å². The van der Waals surface area contributed by atoms with Crippen molar-refractivity contribution in [2.24, 2.45) is 0 Å².